The first kappa shape index (κ1) is 21.5. The van der Waals surface area contributed by atoms with Crippen molar-refractivity contribution >= 4 is 22.7 Å². The van der Waals surface area contributed by atoms with E-state index in [0.717, 1.165) is 5.39 Å². The van der Waals surface area contributed by atoms with Crippen LogP contribution in [0.15, 0.2) is 64.3 Å². The quantitative estimate of drug-likeness (QED) is 0.510. The van der Waals surface area contributed by atoms with Crippen LogP contribution in [0.2, 0.25) is 0 Å². The Labute approximate surface area is 185 Å². The Morgan fingerprint density at radius 1 is 1.12 bits per heavy atom. The maximum Gasteiger partial charge on any atom is 0.290 e. The molecule has 7 nitrogen and oxygen atoms in total. The monoisotopic (exact) mass is 435 g/mol. The lowest BCUT2D eigenvalue weighted by Gasteiger charge is -2.26. The summed E-state index contributed by atoms with van der Waals surface area (Å²) in [6.45, 7) is 4.64. The second kappa shape index (κ2) is 8.78. The number of methoxy groups -OCH3 is 1. The fourth-order valence-corrected chi connectivity index (χ4v) is 4.06. The molecule has 0 radical (unpaired) electrons. The highest BCUT2D eigenvalue weighted by Crippen LogP contribution is 2.42. The third-order valence-electron chi connectivity index (χ3n) is 5.47. The highest BCUT2D eigenvalue weighted by Gasteiger charge is 2.44. The summed E-state index contributed by atoms with van der Waals surface area (Å²) in [5, 5.41) is 11.5. The van der Waals surface area contributed by atoms with Gasteiger partial charge in [-0.05, 0) is 43.2 Å². The molecule has 0 bridgehead atoms. The number of aliphatic hydroxyl groups is 1. The second-order valence-electron chi connectivity index (χ2n) is 7.48. The number of hydrogen-bond acceptors (Lipinski definition) is 6. The Morgan fingerprint density at radius 2 is 1.91 bits per heavy atom. The summed E-state index contributed by atoms with van der Waals surface area (Å²) in [6, 6.07) is 13.4. The molecule has 0 saturated heterocycles. The Hall–Kier alpha value is -3.74. The van der Waals surface area contributed by atoms with Crippen molar-refractivity contribution in [3.8, 4) is 11.5 Å². The summed E-state index contributed by atoms with van der Waals surface area (Å²) in [5.41, 5.74) is 1.19. The molecule has 2 aromatic carbocycles. The number of furan rings is 1. The summed E-state index contributed by atoms with van der Waals surface area (Å²) in [7, 11) is 1.53. The van der Waals surface area contributed by atoms with Gasteiger partial charge in [0.25, 0.3) is 5.91 Å². The summed E-state index contributed by atoms with van der Waals surface area (Å²) < 4.78 is 16.8. The Kier molecular flexibility index (Phi) is 5.90. The van der Waals surface area contributed by atoms with E-state index >= 15 is 0 Å². The van der Waals surface area contributed by atoms with E-state index in [1.807, 2.05) is 32.0 Å². The lowest BCUT2D eigenvalue weighted by molar-refractivity contribution is -0.129. The molecule has 32 heavy (non-hydrogen) atoms. The topological polar surface area (TPSA) is 89.2 Å². The van der Waals surface area contributed by atoms with E-state index in [9.17, 15) is 14.7 Å². The summed E-state index contributed by atoms with van der Waals surface area (Å²) in [6.07, 6.45) is 0.662. The molecular weight excluding hydrogens is 410 g/mol. The number of amides is 1. The highest BCUT2D eigenvalue weighted by atomic mass is 16.5. The summed E-state index contributed by atoms with van der Waals surface area (Å²) >= 11 is 0. The minimum Gasteiger partial charge on any atom is -0.503 e. The maximum absolute atomic E-state index is 13.5. The number of ketones is 1. The highest BCUT2D eigenvalue weighted by molar-refractivity contribution is 6.16. The summed E-state index contributed by atoms with van der Waals surface area (Å²) in [5.74, 6) is -0.546. The van der Waals surface area contributed by atoms with Gasteiger partial charge in [0.15, 0.2) is 23.0 Å². The first-order chi connectivity index (χ1) is 15.5. The first-order valence-electron chi connectivity index (χ1n) is 10.6. The molecule has 0 saturated carbocycles. The van der Waals surface area contributed by atoms with E-state index in [2.05, 4.69) is 0 Å². The van der Waals surface area contributed by atoms with Crippen LogP contribution in [-0.2, 0) is 4.79 Å². The van der Waals surface area contributed by atoms with Crippen LogP contribution in [0, 0.1) is 0 Å². The number of rotatable bonds is 8. The predicted octanol–water partition coefficient (Wildman–Crippen LogP) is 4.83. The minimum absolute atomic E-state index is 0.00582. The van der Waals surface area contributed by atoms with Gasteiger partial charge >= 0.3 is 0 Å². The number of hydrogen-bond donors (Lipinski definition) is 1. The number of Topliss-reactive ketones (excluding diaryl/α,β-unsaturated/α-hetero) is 1. The molecule has 1 amide bonds. The van der Waals surface area contributed by atoms with Gasteiger partial charge in [-0.1, -0.05) is 31.2 Å². The predicted molar refractivity (Wildman–Crippen MR) is 119 cm³/mol. The van der Waals surface area contributed by atoms with Gasteiger partial charge < -0.3 is 23.9 Å². The Bertz CT molecular complexity index is 1180. The molecule has 0 spiro atoms. The van der Waals surface area contributed by atoms with E-state index in [1.54, 1.807) is 30.3 Å². The fraction of sp³-hybridized carbons (Fsp3) is 0.280. The number of carbonyl (C=O) groups excluding carboxylic acids is 2. The average Bonchev–Trinajstić information content (AvgIpc) is 3.34. The normalized spacial score (nSPS) is 16.2. The van der Waals surface area contributed by atoms with Crippen LogP contribution >= 0.6 is 0 Å². The van der Waals surface area contributed by atoms with Crippen LogP contribution < -0.4 is 9.47 Å². The van der Waals surface area contributed by atoms with Gasteiger partial charge in [-0.25, -0.2) is 0 Å². The zero-order valence-corrected chi connectivity index (χ0v) is 18.3. The number of ether oxygens (including phenoxy) is 2. The second-order valence-corrected chi connectivity index (χ2v) is 7.48. The van der Waals surface area contributed by atoms with Crippen molar-refractivity contribution in [1.29, 1.82) is 0 Å². The molecule has 1 N–H and O–H groups in total. The van der Waals surface area contributed by atoms with Crippen LogP contribution in [0.4, 0.5) is 0 Å². The lowest BCUT2D eigenvalue weighted by Crippen LogP contribution is -2.31. The average molecular weight is 435 g/mol. The van der Waals surface area contributed by atoms with Crippen molar-refractivity contribution in [1.82, 2.24) is 4.90 Å². The van der Waals surface area contributed by atoms with E-state index < -0.39 is 23.5 Å². The molecule has 0 aliphatic carbocycles. The number of para-hydroxylation sites is 1. The van der Waals surface area contributed by atoms with Gasteiger partial charge in [0.05, 0.1) is 25.3 Å². The van der Waals surface area contributed by atoms with Crippen molar-refractivity contribution in [3.05, 3.63) is 71.2 Å². The first-order valence-corrected chi connectivity index (χ1v) is 10.6. The number of benzene rings is 2. The molecule has 0 fully saturated rings. The van der Waals surface area contributed by atoms with Gasteiger partial charge in [-0.15, -0.1) is 0 Å². The molecule has 1 atom stereocenters. The number of fused-ring (bicyclic) bond motifs is 1. The van der Waals surface area contributed by atoms with E-state index in [-0.39, 0.29) is 11.3 Å². The number of nitrogens with zero attached hydrogens (tertiary/aromatic N) is 1. The zero-order valence-electron chi connectivity index (χ0n) is 18.3. The van der Waals surface area contributed by atoms with E-state index in [0.29, 0.717) is 42.2 Å². The maximum atomic E-state index is 13.5. The third-order valence-corrected chi connectivity index (χ3v) is 5.47. The smallest absolute Gasteiger partial charge is 0.290 e. The van der Waals surface area contributed by atoms with Gasteiger partial charge in [-0.2, -0.15) is 0 Å². The Morgan fingerprint density at radius 3 is 2.59 bits per heavy atom. The minimum atomic E-state index is -0.771. The zero-order chi connectivity index (χ0) is 22.8. The van der Waals surface area contributed by atoms with Crippen molar-refractivity contribution in [2.75, 3.05) is 20.3 Å². The lowest BCUT2D eigenvalue weighted by atomic mass is 9.94. The van der Waals surface area contributed by atoms with Crippen LogP contribution in [0.1, 0.15) is 42.4 Å². The standard InChI is InChI=1S/C25H25NO6/c1-4-12-26-22(16-10-11-18(31-5-2)19(14-16)30-3)21(24(28)25(26)29)23(27)20-13-15-8-6-7-9-17(15)32-20/h6-11,13-14,22,28H,4-5,12H2,1-3H3. The van der Waals surface area contributed by atoms with Gasteiger partial charge in [0.2, 0.25) is 5.78 Å². The molecule has 7 heteroatoms. The van der Waals surface area contributed by atoms with Crippen molar-refractivity contribution in [3.63, 3.8) is 0 Å². The largest absolute Gasteiger partial charge is 0.503 e. The number of aliphatic hydroxyl groups excluding tert-OH is 1. The Balaban J connectivity index is 1.81. The third kappa shape index (κ3) is 3.60. The molecule has 1 aliphatic heterocycles. The molecule has 3 aromatic rings. The van der Waals surface area contributed by atoms with E-state index in [1.165, 1.54) is 12.0 Å². The van der Waals surface area contributed by atoms with Crippen molar-refractivity contribution < 1.29 is 28.6 Å². The van der Waals surface area contributed by atoms with Crippen molar-refractivity contribution in [2.24, 2.45) is 0 Å². The SMILES string of the molecule is CCCN1C(=O)C(O)=C(C(=O)c2cc3ccccc3o2)C1c1ccc(OCC)c(OC)c1. The van der Waals surface area contributed by atoms with Crippen LogP contribution in [0.5, 0.6) is 11.5 Å². The molecule has 1 aliphatic rings. The van der Waals surface area contributed by atoms with Gasteiger partial charge in [-0.3, -0.25) is 9.59 Å². The molecule has 1 aromatic heterocycles. The molecule has 2 heterocycles. The van der Waals surface area contributed by atoms with Gasteiger partial charge in [0, 0.05) is 11.9 Å². The fourth-order valence-electron chi connectivity index (χ4n) is 4.06. The van der Waals surface area contributed by atoms with Crippen LogP contribution in [0.25, 0.3) is 11.0 Å². The summed E-state index contributed by atoms with van der Waals surface area (Å²) in [4.78, 5) is 27.9. The molecular formula is C25H25NO6. The van der Waals surface area contributed by atoms with Crippen LogP contribution in [0.3, 0.4) is 0 Å². The van der Waals surface area contributed by atoms with Crippen molar-refractivity contribution in [2.45, 2.75) is 26.3 Å². The molecule has 4 rings (SSSR count). The molecule has 1 unspecified atom stereocenters. The van der Waals surface area contributed by atoms with E-state index in [4.69, 9.17) is 13.9 Å². The number of carbonyl (C=O) groups is 2. The molecule has 166 valence electrons. The van der Waals surface area contributed by atoms with Gasteiger partial charge in [0.1, 0.15) is 5.58 Å². The van der Waals surface area contributed by atoms with Crippen LogP contribution in [-0.4, -0.2) is 42.0 Å².